The third-order valence-electron chi connectivity index (χ3n) is 5.00. The molecular formula is C18H20N2O3S. The van der Waals surface area contributed by atoms with E-state index in [0.29, 0.717) is 23.7 Å². The Labute approximate surface area is 141 Å². The molecule has 2 aromatic rings. The van der Waals surface area contributed by atoms with Crippen LogP contribution in [0.3, 0.4) is 0 Å². The van der Waals surface area contributed by atoms with Gasteiger partial charge in [-0.3, -0.25) is 9.10 Å². The van der Waals surface area contributed by atoms with Crippen LogP contribution in [0.15, 0.2) is 41.3 Å². The Morgan fingerprint density at radius 3 is 2.42 bits per heavy atom. The number of hydrogen-bond donors (Lipinski definition) is 0. The van der Waals surface area contributed by atoms with Gasteiger partial charge in [0.1, 0.15) is 6.04 Å². The number of carbonyl (C=O) groups is 1. The van der Waals surface area contributed by atoms with E-state index in [2.05, 4.69) is 0 Å². The molecule has 2 heterocycles. The van der Waals surface area contributed by atoms with Gasteiger partial charge in [0.15, 0.2) is 0 Å². The highest BCUT2D eigenvalue weighted by Gasteiger charge is 2.41. The van der Waals surface area contributed by atoms with E-state index in [1.807, 2.05) is 18.2 Å². The van der Waals surface area contributed by atoms with Crippen LogP contribution >= 0.6 is 0 Å². The third-order valence-corrected chi connectivity index (χ3v) is 6.92. The minimum Gasteiger partial charge on any atom is -0.341 e. The summed E-state index contributed by atoms with van der Waals surface area (Å²) in [7, 11) is -3.70. The van der Waals surface area contributed by atoms with E-state index in [0.717, 1.165) is 30.0 Å². The van der Waals surface area contributed by atoms with E-state index in [1.54, 1.807) is 30.0 Å². The predicted molar refractivity (Wildman–Crippen MR) is 93.5 cm³/mol. The second kappa shape index (κ2) is 5.48. The lowest BCUT2D eigenvalue weighted by molar-refractivity contribution is -0.132. The summed E-state index contributed by atoms with van der Waals surface area (Å²) < 4.78 is 27.4. The van der Waals surface area contributed by atoms with Crippen molar-refractivity contribution in [1.82, 2.24) is 4.90 Å². The summed E-state index contributed by atoms with van der Waals surface area (Å²) in [6.07, 6.45) is 3.10. The third kappa shape index (κ3) is 2.13. The molecule has 6 heteroatoms. The van der Waals surface area contributed by atoms with Crippen LogP contribution in [0.5, 0.6) is 0 Å². The average Bonchev–Trinajstić information content (AvgIpc) is 2.84. The van der Waals surface area contributed by atoms with Crippen LogP contribution in [-0.2, 0) is 14.8 Å². The predicted octanol–water partition coefficient (Wildman–Crippen LogP) is 2.75. The van der Waals surface area contributed by atoms with Gasteiger partial charge in [0.2, 0.25) is 5.91 Å². The fourth-order valence-electron chi connectivity index (χ4n) is 3.82. The van der Waals surface area contributed by atoms with Gasteiger partial charge in [-0.2, -0.15) is 0 Å². The Morgan fingerprint density at radius 1 is 1.04 bits per heavy atom. The number of carbonyl (C=O) groups excluding carboxylic acids is 1. The van der Waals surface area contributed by atoms with Crippen LogP contribution in [0.2, 0.25) is 0 Å². The molecule has 0 unspecified atom stereocenters. The molecule has 0 saturated carbocycles. The lowest BCUT2D eigenvalue weighted by Gasteiger charge is -2.33. The zero-order valence-electron chi connectivity index (χ0n) is 13.6. The molecule has 0 bridgehead atoms. The maximum absolute atomic E-state index is 13.0. The number of hydrogen-bond acceptors (Lipinski definition) is 3. The Morgan fingerprint density at radius 2 is 1.71 bits per heavy atom. The van der Waals surface area contributed by atoms with Crippen molar-refractivity contribution >= 4 is 32.4 Å². The molecular weight excluding hydrogens is 324 g/mol. The summed E-state index contributed by atoms with van der Waals surface area (Å²) in [6.45, 7) is 3.13. The van der Waals surface area contributed by atoms with Crippen LogP contribution in [-0.4, -0.2) is 38.4 Å². The van der Waals surface area contributed by atoms with E-state index in [-0.39, 0.29) is 5.91 Å². The molecule has 0 aromatic heterocycles. The number of benzene rings is 2. The molecule has 24 heavy (non-hydrogen) atoms. The van der Waals surface area contributed by atoms with Crippen LogP contribution in [0.25, 0.3) is 10.8 Å². The fourth-order valence-corrected chi connectivity index (χ4v) is 5.68. The normalized spacial score (nSPS) is 20.4. The first-order chi connectivity index (χ1) is 11.5. The number of rotatable bonds is 2. The van der Waals surface area contributed by atoms with Crippen molar-refractivity contribution in [2.75, 3.05) is 17.4 Å². The topological polar surface area (TPSA) is 57.7 Å². The van der Waals surface area contributed by atoms with Gasteiger partial charge in [-0.15, -0.1) is 0 Å². The second-order valence-corrected chi connectivity index (χ2v) is 8.28. The summed E-state index contributed by atoms with van der Waals surface area (Å²) in [4.78, 5) is 15.0. The summed E-state index contributed by atoms with van der Waals surface area (Å²) >= 11 is 0. The summed E-state index contributed by atoms with van der Waals surface area (Å²) in [5.74, 6) is -0.108. The number of anilines is 1. The molecule has 1 amide bonds. The summed E-state index contributed by atoms with van der Waals surface area (Å²) in [5.41, 5.74) is 0.612. The largest absolute Gasteiger partial charge is 0.341 e. The van der Waals surface area contributed by atoms with Gasteiger partial charge in [0.25, 0.3) is 10.0 Å². The molecule has 1 atom stereocenters. The number of nitrogens with zero attached hydrogens (tertiary/aromatic N) is 2. The van der Waals surface area contributed by atoms with Crippen LogP contribution in [0.4, 0.5) is 5.69 Å². The van der Waals surface area contributed by atoms with Gasteiger partial charge in [-0.25, -0.2) is 8.42 Å². The summed E-state index contributed by atoms with van der Waals surface area (Å²) in [5, 5.41) is 1.60. The standard InChI is InChI=1S/C18H20N2O3S/c1-13(18(21)19-11-3-2-4-12-19)20-15-9-5-7-14-8-6-10-16(17(14)15)24(20,22)23/h5-10,13H,2-4,11-12H2,1H3/t13-/m0/s1. The smallest absolute Gasteiger partial charge is 0.265 e. The zero-order valence-corrected chi connectivity index (χ0v) is 14.4. The molecule has 4 rings (SSSR count). The molecule has 0 spiro atoms. The average molecular weight is 344 g/mol. The zero-order chi connectivity index (χ0) is 16.9. The molecule has 1 saturated heterocycles. The highest BCUT2D eigenvalue weighted by atomic mass is 32.2. The molecule has 0 radical (unpaired) electrons. The Hall–Kier alpha value is -2.08. The number of piperidine rings is 1. The molecule has 2 aliphatic rings. The molecule has 126 valence electrons. The van der Waals surface area contributed by atoms with Crippen LogP contribution < -0.4 is 4.31 Å². The lowest BCUT2D eigenvalue weighted by Crippen LogP contribution is -2.49. The van der Waals surface area contributed by atoms with E-state index in [1.165, 1.54) is 4.31 Å². The second-order valence-electron chi connectivity index (χ2n) is 6.49. The highest BCUT2D eigenvalue weighted by Crippen LogP contribution is 2.43. The maximum Gasteiger partial charge on any atom is 0.265 e. The molecule has 0 aliphatic carbocycles. The summed E-state index contributed by atoms with van der Waals surface area (Å²) in [6, 6.07) is 10.1. The van der Waals surface area contributed by atoms with Crippen molar-refractivity contribution in [3.05, 3.63) is 36.4 Å². The van der Waals surface area contributed by atoms with Gasteiger partial charge in [-0.1, -0.05) is 24.3 Å². The first-order valence-electron chi connectivity index (χ1n) is 8.37. The van der Waals surface area contributed by atoms with Crippen molar-refractivity contribution < 1.29 is 13.2 Å². The van der Waals surface area contributed by atoms with E-state index in [4.69, 9.17) is 0 Å². The Bertz CT molecular complexity index is 912. The first-order valence-corrected chi connectivity index (χ1v) is 9.81. The molecule has 2 aromatic carbocycles. The molecule has 1 fully saturated rings. The van der Waals surface area contributed by atoms with Crippen molar-refractivity contribution in [3.8, 4) is 0 Å². The van der Waals surface area contributed by atoms with E-state index in [9.17, 15) is 13.2 Å². The minimum absolute atomic E-state index is 0.108. The van der Waals surface area contributed by atoms with Gasteiger partial charge in [-0.05, 0) is 43.7 Å². The highest BCUT2D eigenvalue weighted by molar-refractivity contribution is 7.93. The van der Waals surface area contributed by atoms with E-state index >= 15 is 0 Å². The van der Waals surface area contributed by atoms with Gasteiger partial charge < -0.3 is 4.90 Å². The van der Waals surface area contributed by atoms with Crippen LogP contribution in [0.1, 0.15) is 26.2 Å². The monoisotopic (exact) mass is 344 g/mol. The van der Waals surface area contributed by atoms with Crippen molar-refractivity contribution in [1.29, 1.82) is 0 Å². The van der Waals surface area contributed by atoms with Gasteiger partial charge in [0.05, 0.1) is 10.6 Å². The fraction of sp³-hybridized carbons (Fsp3) is 0.389. The SMILES string of the molecule is C[C@@H](C(=O)N1CCCCC1)N1c2cccc3cccc(c23)S1(=O)=O. The molecule has 5 nitrogen and oxygen atoms in total. The number of likely N-dealkylation sites (tertiary alicyclic amines) is 1. The molecule has 0 N–H and O–H groups in total. The Kier molecular flexibility index (Phi) is 3.53. The quantitative estimate of drug-likeness (QED) is 0.842. The minimum atomic E-state index is -3.70. The lowest BCUT2D eigenvalue weighted by atomic mass is 10.1. The van der Waals surface area contributed by atoms with Crippen LogP contribution in [0, 0.1) is 0 Å². The maximum atomic E-state index is 13.0. The van der Waals surface area contributed by atoms with Crippen molar-refractivity contribution in [2.45, 2.75) is 37.1 Å². The number of amides is 1. The van der Waals surface area contributed by atoms with Crippen molar-refractivity contribution in [2.24, 2.45) is 0 Å². The van der Waals surface area contributed by atoms with E-state index < -0.39 is 16.1 Å². The first kappa shape index (κ1) is 15.4. The van der Waals surface area contributed by atoms with Gasteiger partial charge in [0, 0.05) is 18.5 Å². The van der Waals surface area contributed by atoms with Crippen molar-refractivity contribution in [3.63, 3.8) is 0 Å². The molecule has 2 aliphatic heterocycles. The Balaban J connectivity index is 1.79. The number of sulfonamides is 1. The van der Waals surface area contributed by atoms with Gasteiger partial charge >= 0.3 is 0 Å².